The Balaban J connectivity index is 3.33. The lowest BCUT2D eigenvalue weighted by molar-refractivity contribution is 0.125. The van der Waals surface area contributed by atoms with Crippen LogP contribution in [0.5, 0.6) is 0 Å². The molecule has 19 heavy (non-hydrogen) atoms. The highest BCUT2D eigenvalue weighted by Crippen LogP contribution is 2.28. The molecule has 3 nitrogen and oxygen atoms in total. The molecule has 0 atom stereocenters. The first-order chi connectivity index (χ1) is 8.83. The smallest absolute Gasteiger partial charge is 0.161 e. The third-order valence-electron chi connectivity index (χ3n) is 3.15. The van der Waals surface area contributed by atoms with Crippen molar-refractivity contribution < 1.29 is 13.9 Å². The van der Waals surface area contributed by atoms with Gasteiger partial charge in [0.1, 0.15) is 0 Å². The van der Waals surface area contributed by atoms with Crippen molar-refractivity contribution in [3.63, 3.8) is 0 Å². The van der Waals surface area contributed by atoms with Gasteiger partial charge in [0.25, 0.3) is 0 Å². The highest BCUT2D eigenvalue weighted by Gasteiger charge is 2.17. The van der Waals surface area contributed by atoms with E-state index < -0.39 is 0 Å². The maximum absolute atomic E-state index is 10.8. The fraction of sp³-hybridized carbons (Fsp3) is 1.00. The van der Waals surface area contributed by atoms with E-state index in [1.165, 1.54) is 0 Å². The third-order valence-corrected chi connectivity index (χ3v) is 4.58. The van der Waals surface area contributed by atoms with Crippen LogP contribution in [-0.4, -0.2) is 23.5 Å². The Morgan fingerprint density at radius 3 is 1.42 bits per heavy atom. The van der Waals surface area contributed by atoms with Gasteiger partial charge in [0, 0.05) is 23.5 Å². The van der Waals surface area contributed by atoms with Crippen molar-refractivity contribution in [3.8, 4) is 0 Å². The van der Waals surface area contributed by atoms with Gasteiger partial charge in [0.05, 0.1) is 0 Å². The van der Waals surface area contributed by atoms with E-state index in [-0.39, 0.29) is 27.2 Å². The fourth-order valence-corrected chi connectivity index (χ4v) is 2.22. The van der Waals surface area contributed by atoms with Gasteiger partial charge in [-0.1, -0.05) is 0 Å². The van der Waals surface area contributed by atoms with Crippen LogP contribution in [0.25, 0.3) is 0 Å². The molecule has 0 fully saturated rings. The summed E-state index contributed by atoms with van der Waals surface area (Å²) in [6.07, 6.45) is 6.12. The molecule has 0 aromatic rings. The number of hydrogen-bond acceptors (Lipinski definition) is 3. The van der Waals surface area contributed by atoms with Crippen molar-refractivity contribution in [2.24, 2.45) is 0 Å². The zero-order valence-corrected chi connectivity index (χ0v) is 14.6. The Morgan fingerprint density at radius 1 is 0.737 bits per heavy atom. The molecule has 0 amide bonds. The number of rotatable bonds is 12. The van der Waals surface area contributed by atoms with E-state index in [0.29, 0.717) is 0 Å². The molecule has 0 aliphatic rings. The second kappa shape index (κ2) is 9.97. The van der Waals surface area contributed by atoms with Crippen LogP contribution in [0.3, 0.4) is 0 Å². The van der Waals surface area contributed by atoms with Gasteiger partial charge in [-0.2, -0.15) is 0 Å². The molecule has 0 rings (SSSR count). The average Bonchev–Trinajstić information content (AvgIpc) is 2.36. The average molecular weight is 306 g/mol. The summed E-state index contributed by atoms with van der Waals surface area (Å²) >= 11 is 0. The van der Waals surface area contributed by atoms with Crippen LogP contribution >= 0.6 is 16.9 Å². The molecule has 0 heterocycles. The van der Waals surface area contributed by atoms with Gasteiger partial charge in [-0.15, -0.1) is 0 Å². The standard InChI is InChI=1S/C14H28O3P2/c1-13(2,18-15)9-5-7-11-17-12-8-6-10-14(3,4)19-16/h5-12H2,1-4H3. The van der Waals surface area contributed by atoms with Crippen molar-refractivity contribution in [1.29, 1.82) is 0 Å². The van der Waals surface area contributed by atoms with E-state index in [4.69, 9.17) is 4.74 Å². The summed E-state index contributed by atoms with van der Waals surface area (Å²) in [5.41, 5.74) is 0. The van der Waals surface area contributed by atoms with Gasteiger partial charge >= 0.3 is 0 Å². The molecular weight excluding hydrogens is 278 g/mol. The van der Waals surface area contributed by atoms with Crippen molar-refractivity contribution in [1.82, 2.24) is 0 Å². The molecule has 0 aromatic carbocycles. The molecule has 0 N–H and O–H groups in total. The molecule has 0 aliphatic carbocycles. The van der Waals surface area contributed by atoms with Gasteiger partial charge in [0.2, 0.25) is 0 Å². The fourth-order valence-electron chi connectivity index (χ4n) is 1.72. The Morgan fingerprint density at radius 2 is 1.11 bits per heavy atom. The van der Waals surface area contributed by atoms with Crippen molar-refractivity contribution in [2.45, 2.75) is 76.5 Å². The Kier molecular flexibility index (Phi) is 10.1. The molecule has 0 aromatic heterocycles. The Bertz CT molecular complexity index is 239. The van der Waals surface area contributed by atoms with Gasteiger partial charge in [0.15, 0.2) is 16.9 Å². The summed E-state index contributed by atoms with van der Waals surface area (Å²) in [7, 11) is 0.463. The normalized spacial score (nSPS) is 13.3. The zero-order valence-electron chi connectivity index (χ0n) is 12.8. The number of hydrogen-bond donors (Lipinski definition) is 0. The largest absolute Gasteiger partial charge is 0.381 e. The Labute approximate surface area is 121 Å². The monoisotopic (exact) mass is 306 g/mol. The van der Waals surface area contributed by atoms with Crippen LogP contribution in [-0.2, 0) is 13.9 Å². The maximum Gasteiger partial charge on any atom is 0.161 e. The molecule has 0 bridgehead atoms. The number of ether oxygens (including phenoxy) is 1. The van der Waals surface area contributed by atoms with E-state index in [9.17, 15) is 9.13 Å². The van der Waals surface area contributed by atoms with E-state index in [1.54, 1.807) is 0 Å². The quantitative estimate of drug-likeness (QED) is 0.354. The lowest BCUT2D eigenvalue weighted by atomic mass is 10.1. The first-order valence-corrected chi connectivity index (χ1v) is 8.72. The second-order valence-corrected chi connectivity index (χ2v) is 9.12. The van der Waals surface area contributed by atoms with Gasteiger partial charge in [-0.25, -0.2) is 0 Å². The predicted octanol–water partition coefficient (Wildman–Crippen LogP) is 5.48. The van der Waals surface area contributed by atoms with Crippen molar-refractivity contribution in [3.05, 3.63) is 0 Å². The molecule has 0 spiro atoms. The summed E-state index contributed by atoms with van der Waals surface area (Å²) in [5.74, 6) is 0. The van der Waals surface area contributed by atoms with E-state index in [2.05, 4.69) is 0 Å². The molecule has 0 aliphatic heterocycles. The summed E-state index contributed by atoms with van der Waals surface area (Å²) in [4.78, 5) is 0. The maximum atomic E-state index is 10.8. The van der Waals surface area contributed by atoms with Crippen LogP contribution in [0.1, 0.15) is 66.2 Å². The van der Waals surface area contributed by atoms with Gasteiger partial charge in [-0.05, 0) is 66.2 Å². The minimum absolute atomic E-state index is 0.0941. The number of unbranched alkanes of at least 4 members (excludes halogenated alkanes) is 2. The van der Waals surface area contributed by atoms with E-state index >= 15 is 0 Å². The van der Waals surface area contributed by atoms with Crippen molar-refractivity contribution in [2.75, 3.05) is 13.2 Å². The van der Waals surface area contributed by atoms with Crippen molar-refractivity contribution >= 4 is 16.9 Å². The molecule has 5 heteroatoms. The topological polar surface area (TPSA) is 43.4 Å². The van der Waals surface area contributed by atoms with Crippen LogP contribution < -0.4 is 0 Å². The minimum Gasteiger partial charge on any atom is -0.381 e. The molecule has 0 radical (unpaired) electrons. The van der Waals surface area contributed by atoms with Crippen LogP contribution in [0.15, 0.2) is 0 Å². The van der Waals surface area contributed by atoms with Gasteiger partial charge in [-0.3, -0.25) is 9.13 Å². The molecule has 0 saturated carbocycles. The molecule has 0 saturated heterocycles. The zero-order chi connectivity index (χ0) is 14.8. The highest BCUT2D eigenvalue weighted by molar-refractivity contribution is 7.26. The van der Waals surface area contributed by atoms with Crippen LogP contribution in [0.4, 0.5) is 0 Å². The predicted molar refractivity (Wildman–Crippen MR) is 81.9 cm³/mol. The molecule has 0 unspecified atom stereocenters. The van der Waals surface area contributed by atoms with Crippen LogP contribution in [0, 0.1) is 0 Å². The summed E-state index contributed by atoms with van der Waals surface area (Å²) in [6, 6.07) is 0. The summed E-state index contributed by atoms with van der Waals surface area (Å²) in [6.45, 7) is 9.63. The summed E-state index contributed by atoms with van der Waals surface area (Å²) in [5, 5.41) is -0.188. The Hall–Kier alpha value is 0.160. The minimum atomic E-state index is -0.0941. The third kappa shape index (κ3) is 11.7. The lowest BCUT2D eigenvalue weighted by Gasteiger charge is -2.15. The molecule has 112 valence electrons. The van der Waals surface area contributed by atoms with Gasteiger partial charge < -0.3 is 4.74 Å². The lowest BCUT2D eigenvalue weighted by Crippen LogP contribution is -2.11. The SMILES string of the molecule is CC(C)(CCCCOCCCCC(C)(C)P=O)P=O. The second-order valence-electron chi connectivity index (χ2n) is 6.33. The van der Waals surface area contributed by atoms with Crippen LogP contribution in [0.2, 0.25) is 0 Å². The first-order valence-electron chi connectivity index (χ1n) is 7.10. The summed E-state index contributed by atoms with van der Waals surface area (Å²) < 4.78 is 27.2. The van der Waals surface area contributed by atoms with E-state index in [1.807, 2.05) is 27.7 Å². The highest BCUT2D eigenvalue weighted by atomic mass is 31.1. The molecular formula is C14H28O3P2. The first kappa shape index (κ1) is 19.2. The van der Waals surface area contributed by atoms with E-state index in [0.717, 1.165) is 51.7 Å².